The number of aryl methyl sites for hydroxylation is 1. The minimum atomic E-state index is -0.857. The molecule has 4 rings (SSSR count). The molecule has 10 heteroatoms. The molecular formula is C29H36N2O8. The van der Waals surface area contributed by atoms with Gasteiger partial charge < -0.3 is 33.7 Å². The summed E-state index contributed by atoms with van der Waals surface area (Å²) >= 11 is 0. The van der Waals surface area contributed by atoms with Crippen LogP contribution in [0.25, 0.3) is 5.76 Å². The van der Waals surface area contributed by atoms with Crippen LogP contribution in [0.1, 0.15) is 29.2 Å². The lowest BCUT2D eigenvalue weighted by Crippen LogP contribution is -2.39. The molecule has 2 heterocycles. The summed E-state index contributed by atoms with van der Waals surface area (Å²) < 4.78 is 27.3. The maximum Gasteiger partial charge on any atom is 0.295 e. The highest BCUT2D eigenvalue weighted by Gasteiger charge is 2.46. The summed E-state index contributed by atoms with van der Waals surface area (Å²) in [5.74, 6) is 0.116. The number of morpholine rings is 1. The fourth-order valence-corrected chi connectivity index (χ4v) is 5.18. The van der Waals surface area contributed by atoms with Gasteiger partial charge in [-0.1, -0.05) is 0 Å². The van der Waals surface area contributed by atoms with Crippen LogP contribution in [0.4, 0.5) is 0 Å². The molecule has 2 aliphatic heterocycles. The molecule has 0 saturated carbocycles. The van der Waals surface area contributed by atoms with Gasteiger partial charge in [-0.3, -0.25) is 14.5 Å². The van der Waals surface area contributed by atoms with Crippen molar-refractivity contribution in [1.29, 1.82) is 0 Å². The highest BCUT2D eigenvalue weighted by atomic mass is 16.5. The van der Waals surface area contributed by atoms with Crippen LogP contribution in [-0.4, -0.2) is 94.4 Å². The van der Waals surface area contributed by atoms with Crippen LogP contribution < -0.4 is 18.9 Å². The molecule has 1 N–H and O–H groups in total. The Labute approximate surface area is 228 Å². The molecular weight excluding hydrogens is 504 g/mol. The maximum absolute atomic E-state index is 13.5. The van der Waals surface area contributed by atoms with Gasteiger partial charge in [0.2, 0.25) is 5.75 Å². The number of hydrogen-bond acceptors (Lipinski definition) is 9. The van der Waals surface area contributed by atoms with Gasteiger partial charge in [0.05, 0.1) is 53.3 Å². The van der Waals surface area contributed by atoms with Crippen molar-refractivity contribution in [3.05, 3.63) is 52.6 Å². The Morgan fingerprint density at radius 1 is 0.949 bits per heavy atom. The van der Waals surface area contributed by atoms with E-state index in [1.807, 2.05) is 6.92 Å². The van der Waals surface area contributed by atoms with E-state index in [4.69, 9.17) is 23.7 Å². The Balaban J connectivity index is 1.80. The Hall–Kier alpha value is -3.76. The van der Waals surface area contributed by atoms with E-state index in [1.165, 1.54) is 26.2 Å². The van der Waals surface area contributed by atoms with Crippen LogP contribution in [0, 0.1) is 6.92 Å². The largest absolute Gasteiger partial charge is 0.507 e. The van der Waals surface area contributed by atoms with Gasteiger partial charge in [-0.2, -0.15) is 0 Å². The fraction of sp³-hybridized carbons (Fsp3) is 0.448. The van der Waals surface area contributed by atoms with Crippen molar-refractivity contribution < 1.29 is 38.4 Å². The smallest absolute Gasteiger partial charge is 0.295 e. The van der Waals surface area contributed by atoms with Crippen molar-refractivity contribution in [2.24, 2.45) is 0 Å². The van der Waals surface area contributed by atoms with Crippen molar-refractivity contribution in [2.75, 3.05) is 67.8 Å². The molecule has 1 atom stereocenters. The number of benzene rings is 2. The normalized spacial score (nSPS) is 19.3. The second-order valence-corrected chi connectivity index (χ2v) is 9.44. The number of hydrogen-bond donors (Lipinski definition) is 1. The van der Waals surface area contributed by atoms with Gasteiger partial charge >= 0.3 is 0 Å². The van der Waals surface area contributed by atoms with Gasteiger partial charge in [-0.25, -0.2) is 0 Å². The number of ketones is 1. The van der Waals surface area contributed by atoms with E-state index in [-0.39, 0.29) is 11.3 Å². The summed E-state index contributed by atoms with van der Waals surface area (Å²) in [6.07, 6.45) is 0.648. The van der Waals surface area contributed by atoms with E-state index >= 15 is 0 Å². The first-order valence-electron chi connectivity index (χ1n) is 12.9. The highest BCUT2D eigenvalue weighted by molar-refractivity contribution is 6.46. The first-order chi connectivity index (χ1) is 18.8. The van der Waals surface area contributed by atoms with Crippen molar-refractivity contribution in [2.45, 2.75) is 19.4 Å². The van der Waals surface area contributed by atoms with E-state index in [1.54, 1.807) is 37.4 Å². The average Bonchev–Trinajstić information content (AvgIpc) is 3.21. The Morgan fingerprint density at radius 2 is 1.62 bits per heavy atom. The van der Waals surface area contributed by atoms with Gasteiger partial charge in [0.15, 0.2) is 11.5 Å². The van der Waals surface area contributed by atoms with Crippen LogP contribution in [-0.2, 0) is 14.3 Å². The summed E-state index contributed by atoms with van der Waals surface area (Å²) in [6.45, 7) is 5.89. The lowest BCUT2D eigenvalue weighted by atomic mass is 9.93. The second-order valence-electron chi connectivity index (χ2n) is 9.44. The van der Waals surface area contributed by atoms with E-state index in [2.05, 4.69) is 4.90 Å². The topological polar surface area (TPSA) is 107 Å². The predicted octanol–water partition coefficient (Wildman–Crippen LogP) is 3.17. The standard InChI is InChI=1S/C29H36N2O8/c1-18-15-20(35-2)7-8-21(18)26(32)24-25(19-16-22(36-3)28(38-5)23(17-19)37-4)31(29(34)27(24)33)10-6-9-30-11-13-39-14-12-30/h7-8,15-17,25,32H,6,9-14H2,1-5H3/b26-24+. The van der Waals surface area contributed by atoms with Crippen LogP contribution in [0.3, 0.4) is 0 Å². The van der Waals surface area contributed by atoms with Crippen LogP contribution in [0.2, 0.25) is 0 Å². The molecule has 1 unspecified atom stereocenters. The number of Topliss-reactive ketones (excluding diaryl/α,β-unsaturated/α-hetero) is 1. The number of aliphatic hydroxyl groups is 1. The summed E-state index contributed by atoms with van der Waals surface area (Å²) in [5.41, 5.74) is 1.71. The highest BCUT2D eigenvalue weighted by Crippen LogP contribution is 2.46. The van der Waals surface area contributed by atoms with E-state index in [0.29, 0.717) is 65.9 Å². The monoisotopic (exact) mass is 540 g/mol. The van der Waals surface area contributed by atoms with Gasteiger partial charge in [0.1, 0.15) is 11.5 Å². The first kappa shape index (κ1) is 28.3. The Morgan fingerprint density at radius 3 is 2.18 bits per heavy atom. The summed E-state index contributed by atoms with van der Waals surface area (Å²) in [6, 6.07) is 7.71. The molecule has 0 spiro atoms. The number of carbonyl (C=O) groups is 2. The SMILES string of the molecule is COc1ccc(/C(O)=C2\C(=O)C(=O)N(CCCN3CCOCC3)C2c2cc(OC)c(OC)c(OC)c2)c(C)c1. The number of amides is 1. The summed E-state index contributed by atoms with van der Waals surface area (Å²) in [7, 11) is 6.06. The van der Waals surface area contributed by atoms with Gasteiger partial charge in [0, 0.05) is 31.7 Å². The molecule has 0 radical (unpaired) electrons. The zero-order valence-electron chi connectivity index (χ0n) is 23.1. The number of aliphatic hydroxyl groups excluding tert-OH is 1. The number of ether oxygens (including phenoxy) is 5. The molecule has 1 amide bonds. The predicted molar refractivity (Wildman–Crippen MR) is 145 cm³/mol. The molecule has 0 bridgehead atoms. The molecule has 2 fully saturated rings. The van der Waals surface area contributed by atoms with Gasteiger partial charge in [0.25, 0.3) is 11.7 Å². The molecule has 2 aromatic carbocycles. The van der Waals surface area contributed by atoms with Crippen molar-refractivity contribution in [3.63, 3.8) is 0 Å². The van der Waals surface area contributed by atoms with Crippen molar-refractivity contribution in [1.82, 2.24) is 9.80 Å². The lowest BCUT2D eigenvalue weighted by Gasteiger charge is -2.29. The fourth-order valence-electron chi connectivity index (χ4n) is 5.18. The van der Waals surface area contributed by atoms with Crippen LogP contribution in [0.5, 0.6) is 23.0 Å². The third-order valence-corrected chi connectivity index (χ3v) is 7.21. The lowest BCUT2D eigenvalue weighted by molar-refractivity contribution is -0.140. The minimum absolute atomic E-state index is 0.00825. The van der Waals surface area contributed by atoms with E-state index in [9.17, 15) is 14.7 Å². The number of rotatable bonds is 10. The molecule has 0 aromatic heterocycles. The number of nitrogens with zero attached hydrogens (tertiary/aromatic N) is 2. The summed E-state index contributed by atoms with van der Waals surface area (Å²) in [5, 5.41) is 11.5. The zero-order valence-corrected chi connectivity index (χ0v) is 23.1. The Kier molecular flexibility index (Phi) is 8.98. The molecule has 2 aromatic rings. The molecule has 2 saturated heterocycles. The molecule has 0 aliphatic carbocycles. The molecule has 39 heavy (non-hydrogen) atoms. The summed E-state index contributed by atoms with van der Waals surface area (Å²) in [4.78, 5) is 30.7. The van der Waals surface area contributed by atoms with Crippen molar-refractivity contribution in [3.8, 4) is 23.0 Å². The van der Waals surface area contributed by atoms with E-state index < -0.39 is 17.7 Å². The van der Waals surface area contributed by atoms with E-state index in [0.717, 1.165) is 19.6 Å². The first-order valence-corrected chi connectivity index (χ1v) is 12.9. The van der Waals surface area contributed by atoms with Crippen molar-refractivity contribution >= 4 is 17.4 Å². The second kappa shape index (κ2) is 12.4. The van der Waals surface area contributed by atoms with Gasteiger partial charge in [-0.15, -0.1) is 0 Å². The van der Waals surface area contributed by atoms with Crippen LogP contribution >= 0.6 is 0 Å². The number of likely N-dealkylation sites (tertiary alicyclic amines) is 1. The third kappa shape index (κ3) is 5.67. The van der Waals surface area contributed by atoms with Crippen LogP contribution in [0.15, 0.2) is 35.9 Å². The van der Waals surface area contributed by atoms with Gasteiger partial charge in [-0.05, 0) is 54.8 Å². The average molecular weight is 541 g/mol. The molecule has 2 aliphatic rings. The molecule has 210 valence electrons. The zero-order chi connectivity index (χ0) is 28.1. The third-order valence-electron chi connectivity index (χ3n) is 7.21. The Bertz CT molecular complexity index is 1230. The molecule has 10 nitrogen and oxygen atoms in total. The minimum Gasteiger partial charge on any atom is -0.507 e. The number of methoxy groups -OCH3 is 4. The number of carbonyl (C=O) groups excluding carboxylic acids is 2. The quantitative estimate of drug-likeness (QED) is 0.276. The maximum atomic E-state index is 13.5.